The van der Waals surface area contributed by atoms with Gasteiger partial charge in [-0.2, -0.15) is 13.2 Å². The highest BCUT2D eigenvalue weighted by Gasteiger charge is 2.53. The average Bonchev–Trinajstić information content (AvgIpc) is 3.04. The van der Waals surface area contributed by atoms with E-state index in [0.29, 0.717) is 6.42 Å². The van der Waals surface area contributed by atoms with E-state index in [1.54, 1.807) is 18.3 Å². The van der Waals surface area contributed by atoms with Crippen molar-refractivity contribution in [2.24, 2.45) is 11.8 Å². The quantitative estimate of drug-likeness (QED) is 0.863. The van der Waals surface area contributed by atoms with E-state index in [-0.39, 0.29) is 6.04 Å². The zero-order valence-corrected chi connectivity index (χ0v) is 14.1. The minimum atomic E-state index is -4.64. The Bertz CT molecular complexity index is 617. The number of thiophene rings is 1. The van der Waals surface area contributed by atoms with E-state index in [9.17, 15) is 22.8 Å². The summed E-state index contributed by atoms with van der Waals surface area (Å²) in [6.45, 7) is 2.66. The summed E-state index contributed by atoms with van der Waals surface area (Å²) in [5.74, 6) is -5.18. The van der Waals surface area contributed by atoms with Gasteiger partial charge in [-0.25, -0.2) is 4.79 Å². The number of hydrogen-bond donors (Lipinski definition) is 2. The molecule has 2 heterocycles. The van der Waals surface area contributed by atoms with Crippen molar-refractivity contribution >= 4 is 23.3 Å². The van der Waals surface area contributed by atoms with Crippen LogP contribution in [0.4, 0.5) is 18.0 Å². The molecule has 0 bridgehead atoms. The van der Waals surface area contributed by atoms with Crippen molar-refractivity contribution < 1.29 is 27.9 Å². The number of nitrogens with one attached hydrogen (secondary N) is 1. The molecule has 3 atom stereocenters. The van der Waals surface area contributed by atoms with Crippen LogP contribution in [-0.2, 0) is 11.2 Å². The van der Waals surface area contributed by atoms with Gasteiger partial charge >= 0.3 is 18.2 Å². The molecule has 2 N–H and O–H groups in total. The lowest BCUT2D eigenvalue weighted by atomic mass is 9.96. The Morgan fingerprint density at radius 2 is 2.08 bits per heavy atom. The predicted octanol–water partition coefficient (Wildman–Crippen LogP) is 2.89. The zero-order chi connectivity index (χ0) is 18.1. The van der Waals surface area contributed by atoms with Gasteiger partial charge in [0.2, 0.25) is 0 Å². The van der Waals surface area contributed by atoms with Gasteiger partial charge in [0, 0.05) is 35.3 Å². The standard InChI is InChI=1S/C15H19F3N2O3S/c1-8(5-10-4-3-9(2)24-10)19-14(23)20-6-11(13(21)22)12(7-20)15(16,17)18/h3-4,8,11-12H,5-7H2,1-2H3,(H,19,23)(H,21,22)/t8?,11-,12-/m1/s1. The van der Waals surface area contributed by atoms with Crippen molar-refractivity contribution in [1.82, 2.24) is 10.2 Å². The van der Waals surface area contributed by atoms with Crippen LogP contribution in [0.2, 0.25) is 0 Å². The first-order valence-electron chi connectivity index (χ1n) is 7.48. The molecule has 0 aromatic carbocycles. The smallest absolute Gasteiger partial charge is 0.394 e. The van der Waals surface area contributed by atoms with Gasteiger partial charge in [-0.1, -0.05) is 0 Å². The summed E-state index contributed by atoms with van der Waals surface area (Å²) in [5.41, 5.74) is 0. The first kappa shape index (κ1) is 18.6. The van der Waals surface area contributed by atoms with E-state index in [1.807, 2.05) is 19.1 Å². The number of urea groups is 1. The van der Waals surface area contributed by atoms with Crippen LogP contribution in [0.5, 0.6) is 0 Å². The van der Waals surface area contributed by atoms with Crippen LogP contribution >= 0.6 is 11.3 Å². The van der Waals surface area contributed by atoms with Crippen LogP contribution in [0.3, 0.4) is 0 Å². The van der Waals surface area contributed by atoms with Gasteiger partial charge in [0.15, 0.2) is 0 Å². The van der Waals surface area contributed by atoms with Crippen LogP contribution in [0.25, 0.3) is 0 Å². The Labute approximate surface area is 141 Å². The molecular formula is C15H19F3N2O3S. The molecule has 134 valence electrons. The van der Waals surface area contributed by atoms with Crippen LogP contribution in [0.15, 0.2) is 12.1 Å². The van der Waals surface area contributed by atoms with E-state index in [0.717, 1.165) is 14.7 Å². The van der Waals surface area contributed by atoms with E-state index in [1.165, 1.54) is 0 Å². The second kappa shape index (κ2) is 7.00. The number of carboxylic acids is 1. The zero-order valence-electron chi connectivity index (χ0n) is 13.3. The number of carbonyl (C=O) groups is 2. The highest BCUT2D eigenvalue weighted by atomic mass is 32.1. The number of likely N-dealkylation sites (tertiary alicyclic amines) is 1. The fourth-order valence-corrected chi connectivity index (χ4v) is 3.82. The molecule has 0 radical (unpaired) electrons. The van der Waals surface area contributed by atoms with Crippen LogP contribution < -0.4 is 5.32 Å². The number of rotatable bonds is 4. The van der Waals surface area contributed by atoms with Gasteiger partial charge in [0.25, 0.3) is 0 Å². The fraction of sp³-hybridized carbons (Fsp3) is 0.600. The summed E-state index contributed by atoms with van der Waals surface area (Å²) < 4.78 is 38.8. The molecule has 1 aliphatic heterocycles. The summed E-state index contributed by atoms with van der Waals surface area (Å²) in [6, 6.07) is 2.98. The van der Waals surface area contributed by atoms with Gasteiger partial charge < -0.3 is 15.3 Å². The van der Waals surface area contributed by atoms with Crippen LogP contribution in [0.1, 0.15) is 16.7 Å². The molecule has 0 saturated carbocycles. The maximum atomic E-state index is 12.9. The highest BCUT2D eigenvalue weighted by molar-refractivity contribution is 7.11. The van der Waals surface area contributed by atoms with Crippen LogP contribution in [-0.4, -0.2) is 47.3 Å². The van der Waals surface area contributed by atoms with Gasteiger partial charge in [-0.15, -0.1) is 11.3 Å². The minimum absolute atomic E-state index is 0.260. The van der Waals surface area contributed by atoms with Crippen molar-refractivity contribution in [3.63, 3.8) is 0 Å². The van der Waals surface area contributed by atoms with E-state index in [4.69, 9.17) is 5.11 Å². The topological polar surface area (TPSA) is 69.6 Å². The maximum absolute atomic E-state index is 12.9. The molecule has 5 nitrogen and oxygen atoms in total. The second-order valence-electron chi connectivity index (χ2n) is 6.06. The molecule has 9 heteroatoms. The number of hydrogen-bond acceptors (Lipinski definition) is 3. The number of aryl methyl sites for hydroxylation is 1. The van der Waals surface area contributed by atoms with Crippen molar-refractivity contribution in [2.45, 2.75) is 32.5 Å². The summed E-state index contributed by atoms with van der Waals surface area (Å²) >= 11 is 1.59. The number of carboxylic acid groups (broad SMARTS) is 1. The van der Waals surface area contributed by atoms with Gasteiger partial charge in [0.1, 0.15) is 0 Å². The number of aliphatic carboxylic acids is 1. The monoisotopic (exact) mass is 364 g/mol. The molecular weight excluding hydrogens is 345 g/mol. The first-order valence-corrected chi connectivity index (χ1v) is 8.30. The lowest BCUT2D eigenvalue weighted by Gasteiger charge is -2.21. The lowest BCUT2D eigenvalue weighted by Crippen LogP contribution is -2.44. The normalized spacial score (nSPS) is 22.5. The molecule has 0 aliphatic carbocycles. The Balaban J connectivity index is 1.96. The summed E-state index contributed by atoms with van der Waals surface area (Å²) in [4.78, 5) is 26.3. The van der Waals surface area contributed by atoms with Gasteiger partial charge in [-0.3, -0.25) is 4.79 Å². The van der Waals surface area contributed by atoms with Crippen molar-refractivity contribution in [1.29, 1.82) is 0 Å². The largest absolute Gasteiger partial charge is 0.481 e. The molecule has 1 aliphatic rings. The van der Waals surface area contributed by atoms with Crippen molar-refractivity contribution in [3.05, 3.63) is 21.9 Å². The Morgan fingerprint density at radius 1 is 1.42 bits per heavy atom. The molecule has 1 fully saturated rings. The molecule has 24 heavy (non-hydrogen) atoms. The van der Waals surface area contributed by atoms with E-state index >= 15 is 0 Å². The SMILES string of the molecule is Cc1ccc(CC(C)NC(=O)N2C[C@@H](C(F)(F)F)[C@H](C(=O)O)C2)s1. The maximum Gasteiger partial charge on any atom is 0.394 e. The summed E-state index contributed by atoms with van der Waals surface area (Å²) in [7, 11) is 0. The van der Waals surface area contributed by atoms with E-state index in [2.05, 4.69) is 5.32 Å². The van der Waals surface area contributed by atoms with Crippen molar-refractivity contribution in [2.75, 3.05) is 13.1 Å². The molecule has 1 unspecified atom stereocenters. The van der Waals surface area contributed by atoms with Crippen LogP contribution in [0, 0.1) is 18.8 Å². The number of alkyl halides is 3. The minimum Gasteiger partial charge on any atom is -0.481 e. The first-order chi connectivity index (χ1) is 11.1. The average molecular weight is 364 g/mol. The Hall–Kier alpha value is -1.77. The molecule has 1 aromatic heterocycles. The third-order valence-electron chi connectivity index (χ3n) is 4.02. The third-order valence-corrected chi connectivity index (χ3v) is 5.04. The molecule has 0 spiro atoms. The molecule has 2 rings (SSSR count). The lowest BCUT2D eigenvalue weighted by molar-refractivity contribution is -0.187. The number of amides is 2. The molecule has 2 amide bonds. The van der Waals surface area contributed by atoms with Gasteiger partial charge in [0.05, 0.1) is 11.8 Å². The summed E-state index contributed by atoms with van der Waals surface area (Å²) in [5, 5.41) is 11.6. The molecule has 1 saturated heterocycles. The fourth-order valence-electron chi connectivity index (χ4n) is 2.80. The predicted molar refractivity (Wildman–Crippen MR) is 83.0 cm³/mol. The number of nitrogens with zero attached hydrogens (tertiary/aromatic N) is 1. The molecule has 1 aromatic rings. The van der Waals surface area contributed by atoms with E-state index < -0.39 is 43.1 Å². The highest BCUT2D eigenvalue weighted by Crippen LogP contribution is 2.37. The van der Waals surface area contributed by atoms with Gasteiger partial charge in [-0.05, 0) is 26.0 Å². The number of carbonyl (C=O) groups excluding carboxylic acids is 1. The second-order valence-corrected chi connectivity index (χ2v) is 7.44. The Morgan fingerprint density at radius 3 is 2.54 bits per heavy atom. The summed E-state index contributed by atoms with van der Waals surface area (Å²) in [6.07, 6.45) is -4.07. The Kier molecular flexibility index (Phi) is 5.42. The number of halogens is 3. The third kappa shape index (κ3) is 4.40. The van der Waals surface area contributed by atoms with Crippen molar-refractivity contribution in [3.8, 4) is 0 Å².